The molecule has 4 rings (SSSR count). The fourth-order valence-electron chi connectivity index (χ4n) is 2.86. The number of carbonyl (C=O) groups excluding carboxylic acids is 1. The van der Waals surface area contributed by atoms with Crippen molar-refractivity contribution in [1.29, 1.82) is 0 Å². The van der Waals surface area contributed by atoms with Crippen LogP contribution >= 0.6 is 35.0 Å². The Morgan fingerprint density at radius 3 is 2.61 bits per heavy atom. The van der Waals surface area contributed by atoms with Gasteiger partial charge in [-0.1, -0.05) is 58.7 Å². The molecule has 0 aliphatic heterocycles. The summed E-state index contributed by atoms with van der Waals surface area (Å²) in [4.78, 5) is 16.9. The number of aromatic nitrogens is 4. The molecular formula is C22H17Cl2N5OS. The fourth-order valence-corrected chi connectivity index (χ4v) is 3.95. The zero-order chi connectivity index (χ0) is 21.8. The molecule has 156 valence electrons. The summed E-state index contributed by atoms with van der Waals surface area (Å²) < 4.78 is 1.89. The quantitative estimate of drug-likeness (QED) is 0.368. The lowest BCUT2D eigenvalue weighted by Crippen LogP contribution is -2.15. The highest BCUT2D eigenvalue weighted by Gasteiger charge is 2.18. The summed E-state index contributed by atoms with van der Waals surface area (Å²) in [7, 11) is 0. The minimum Gasteiger partial charge on any atom is -0.324 e. The Morgan fingerprint density at radius 2 is 1.87 bits per heavy atom. The standard InChI is InChI=1S/C22H17Cl2N5OS/c1-14-5-8-16(9-6-14)29-21(18-4-2-3-11-25-18)27-28-22(29)31-13-20(30)26-19-12-15(23)7-10-17(19)24/h2-12H,13H2,1H3,(H,26,30). The second-order valence-electron chi connectivity index (χ2n) is 6.65. The molecule has 0 bridgehead atoms. The average Bonchev–Trinajstić information content (AvgIpc) is 3.20. The molecule has 0 aliphatic rings. The maximum Gasteiger partial charge on any atom is 0.234 e. The molecule has 0 unspecified atom stereocenters. The van der Waals surface area contributed by atoms with Crippen molar-refractivity contribution in [3.63, 3.8) is 0 Å². The summed E-state index contributed by atoms with van der Waals surface area (Å²) in [5.41, 5.74) is 3.19. The molecule has 2 aromatic carbocycles. The van der Waals surface area contributed by atoms with Gasteiger partial charge >= 0.3 is 0 Å². The number of aryl methyl sites for hydroxylation is 1. The molecule has 6 nitrogen and oxygen atoms in total. The minimum atomic E-state index is -0.230. The van der Waals surface area contributed by atoms with Crippen LogP contribution in [0.1, 0.15) is 5.56 Å². The topological polar surface area (TPSA) is 72.7 Å². The van der Waals surface area contributed by atoms with Crippen LogP contribution in [0.4, 0.5) is 5.69 Å². The molecule has 31 heavy (non-hydrogen) atoms. The number of anilines is 1. The molecule has 0 fully saturated rings. The molecule has 9 heteroatoms. The van der Waals surface area contributed by atoms with Crippen LogP contribution in [-0.2, 0) is 4.79 Å². The molecule has 0 saturated heterocycles. The lowest BCUT2D eigenvalue weighted by Gasteiger charge is -2.11. The van der Waals surface area contributed by atoms with Gasteiger partial charge in [-0.25, -0.2) is 0 Å². The van der Waals surface area contributed by atoms with E-state index in [0.717, 1.165) is 11.3 Å². The first-order chi connectivity index (χ1) is 15.0. The molecule has 1 amide bonds. The highest BCUT2D eigenvalue weighted by molar-refractivity contribution is 7.99. The van der Waals surface area contributed by atoms with Gasteiger partial charge in [-0.2, -0.15) is 0 Å². The van der Waals surface area contributed by atoms with Crippen molar-refractivity contribution in [2.75, 3.05) is 11.1 Å². The number of thioether (sulfide) groups is 1. The SMILES string of the molecule is Cc1ccc(-n2c(SCC(=O)Nc3cc(Cl)ccc3Cl)nnc2-c2ccccn2)cc1. The van der Waals surface area contributed by atoms with Gasteiger partial charge in [0.05, 0.1) is 16.5 Å². The van der Waals surface area contributed by atoms with Crippen LogP contribution < -0.4 is 5.32 Å². The molecule has 0 atom stereocenters. The van der Waals surface area contributed by atoms with Crippen LogP contribution in [0, 0.1) is 6.92 Å². The summed E-state index contributed by atoms with van der Waals surface area (Å²) in [6.07, 6.45) is 1.71. The van der Waals surface area contributed by atoms with Crippen LogP contribution in [0.15, 0.2) is 72.0 Å². The summed E-state index contributed by atoms with van der Waals surface area (Å²) >= 11 is 13.4. The number of amides is 1. The third kappa shape index (κ3) is 5.07. The Labute approximate surface area is 193 Å². The normalized spacial score (nSPS) is 10.8. The van der Waals surface area contributed by atoms with Crippen LogP contribution in [0.5, 0.6) is 0 Å². The zero-order valence-corrected chi connectivity index (χ0v) is 18.7. The Morgan fingerprint density at radius 1 is 1.06 bits per heavy atom. The van der Waals surface area contributed by atoms with Crippen LogP contribution in [0.3, 0.4) is 0 Å². The van der Waals surface area contributed by atoms with Crippen LogP contribution in [0.25, 0.3) is 17.2 Å². The second kappa shape index (κ2) is 9.51. The van der Waals surface area contributed by atoms with Gasteiger partial charge in [-0.15, -0.1) is 10.2 Å². The Kier molecular flexibility index (Phi) is 6.56. The lowest BCUT2D eigenvalue weighted by molar-refractivity contribution is -0.113. The maximum absolute atomic E-state index is 12.5. The zero-order valence-electron chi connectivity index (χ0n) is 16.4. The van der Waals surface area contributed by atoms with Crippen molar-refractivity contribution in [3.05, 3.63) is 82.5 Å². The van der Waals surface area contributed by atoms with Crippen LogP contribution in [0.2, 0.25) is 10.0 Å². The molecule has 4 aromatic rings. The van der Waals surface area contributed by atoms with E-state index in [-0.39, 0.29) is 11.7 Å². The number of halogens is 2. The van der Waals surface area contributed by atoms with E-state index in [4.69, 9.17) is 23.2 Å². The summed E-state index contributed by atoms with van der Waals surface area (Å²) in [6, 6.07) is 18.5. The molecule has 0 radical (unpaired) electrons. The second-order valence-corrected chi connectivity index (χ2v) is 8.44. The first-order valence-corrected chi connectivity index (χ1v) is 11.1. The van der Waals surface area contributed by atoms with Gasteiger partial charge in [0, 0.05) is 16.9 Å². The van der Waals surface area contributed by atoms with Gasteiger partial charge in [0.15, 0.2) is 11.0 Å². The highest BCUT2D eigenvalue weighted by atomic mass is 35.5. The lowest BCUT2D eigenvalue weighted by atomic mass is 10.2. The van der Waals surface area contributed by atoms with E-state index in [2.05, 4.69) is 20.5 Å². The number of nitrogens with zero attached hydrogens (tertiary/aromatic N) is 4. The summed E-state index contributed by atoms with van der Waals surface area (Å²) in [5.74, 6) is 0.493. The first-order valence-electron chi connectivity index (χ1n) is 9.33. The van der Waals surface area contributed by atoms with E-state index in [9.17, 15) is 4.79 Å². The third-order valence-electron chi connectivity index (χ3n) is 4.35. The summed E-state index contributed by atoms with van der Waals surface area (Å²) in [5, 5.41) is 12.9. The van der Waals surface area contributed by atoms with Gasteiger partial charge < -0.3 is 5.32 Å². The van der Waals surface area contributed by atoms with Gasteiger partial charge in [0.2, 0.25) is 5.91 Å². The summed E-state index contributed by atoms with van der Waals surface area (Å²) in [6.45, 7) is 2.02. The van der Waals surface area contributed by atoms with Crippen molar-refractivity contribution < 1.29 is 4.79 Å². The third-order valence-corrected chi connectivity index (χ3v) is 5.85. The maximum atomic E-state index is 12.5. The highest BCUT2D eigenvalue weighted by Crippen LogP contribution is 2.28. The molecule has 1 N–H and O–H groups in total. The van der Waals surface area contributed by atoms with Gasteiger partial charge in [0.25, 0.3) is 0 Å². The van der Waals surface area contributed by atoms with E-state index in [1.807, 2.05) is 54.0 Å². The van der Waals surface area contributed by atoms with E-state index in [1.165, 1.54) is 11.8 Å². The number of rotatable bonds is 6. The predicted molar refractivity (Wildman–Crippen MR) is 125 cm³/mol. The number of nitrogens with one attached hydrogen (secondary N) is 1. The molecule has 2 aromatic heterocycles. The number of hydrogen-bond acceptors (Lipinski definition) is 5. The minimum absolute atomic E-state index is 0.120. The number of benzene rings is 2. The van der Waals surface area contributed by atoms with Crippen LogP contribution in [-0.4, -0.2) is 31.4 Å². The number of pyridine rings is 1. The smallest absolute Gasteiger partial charge is 0.234 e. The fraction of sp³-hybridized carbons (Fsp3) is 0.0909. The first kappa shape index (κ1) is 21.4. The number of carbonyl (C=O) groups is 1. The van der Waals surface area contributed by atoms with E-state index < -0.39 is 0 Å². The predicted octanol–water partition coefficient (Wildman–Crippen LogP) is 5.68. The van der Waals surface area contributed by atoms with E-state index >= 15 is 0 Å². The average molecular weight is 470 g/mol. The molecule has 0 spiro atoms. The van der Waals surface area contributed by atoms with Crippen molar-refractivity contribution in [2.24, 2.45) is 0 Å². The van der Waals surface area contributed by atoms with Crippen molar-refractivity contribution in [3.8, 4) is 17.2 Å². The Bertz CT molecular complexity index is 1210. The van der Waals surface area contributed by atoms with Crippen molar-refractivity contribution >= 4 is 46.6 Å². The van der Waals surface area contributed by atoms with Crippen molar-refractivity contribution in [1.82, 2.24) is 19.7 Å². The molecular weight excluding hydrogens is 453 g/mol. The van der Waals surface area contributed by atoms with E-state index in [1.54, 1.807) is 24.4 Å². The molecule has 2 heterocycles. The monoisotopic (exact) mass is 469 g/mol. The Hall–Kier alpha value is -2.87. The van der Waals surface area contributed by atoms with E-state index in [0.29, 0.717) is 32.4 Å². The van der Waals surface area contributed by atoms with Gasteiger partial charge in [-0.05, 0) is 49.4 Å². The largest absolute Gasteiger partial charge is 0.324 e. The number of hydrogen-bond donors (Lipinski definition) is 1. The molecule has 0 aliphatic carbocycles. The van der Waals surface area contributed by atoms with Gasteiger partial charge in [0.1, 0.15) is 5.69 Å². The van der Waals surface area contributed by atoms with Crippen molar-refractivity contribution in [2.45, 2.75) is 12.1 Å². The Balaban J connectivity index is 1.59. The molecule has 0 saturated carbocycles. The van der Waals surface area contributed by atoms with Gasteiger partial charge in [-0.3, -0.25) is 14.3 Å².